The lowest BCUT2D eigenvalue weighted by molar-refractivity contribution is -0.143. The fourth-order valence-corrected chi connectivity index (χ4v) is 6.25. The van der Waals surface area contributed by atoms with Gasteiger partial charge in [-0.05, 0) is 85.3 Å². The van der Waals surface area contributed by atoms with Crippen LogP contribution in [0.1, 0.15) is 57.9 Å². The lowest BCUT2D eigenvalue weighted by atomic mass is 9.48. The van der Waals surface area contributed by atoms with Crippen LogP contribution in [0.25, 0.3) is 0 Å². The van der Waals surface area contributed by atoms with Gasteiger partial charge in [0.05, 0.1) is 0 Å². The molecule has 28 heavy (non-hydrogen) atoms. The predicted molar refractivity (Wildman–Crippen MR) is 106 cm³/mol. The van der Waals surface area contributed by atoms with Crippen molar-refractivity contribution in [2.45, 2.75) is 63.8 Å². The standard InChI is InChI=1S/C23H31NO4/c1-14(2)21(22(26)27)24-20(25)13-28-19-5-3-18(4-6-19)23-10-15-7-16(11-23)9-17(8-15)12-23/h3-6,14-17,21H,7-13H2,1-2H3,(H,24,25)(H,26,27). The van der Waals surface area contributed by atoms with E-state index < -0.39 is 17.9 Å². The van der Waals surface area contributed by atoms with E-state index >= 15 is 0 Å². The number of carbonyl (C=O) groups excluding carboxylic acids is 1. The van der Waals surface area contributed by atoms with E-state index in [1.165, 1.54) is 44.1 Å². The Morgan fingerprint density at radius 2 is 1.61 bits per heavy atom. The SMILES string of the molecule is CC(C)C(NC(=O)COc1ccc(C23CC4CC(CC(C4)C2)C3)cc1)C(=O)O. The average Bonchev–Trinajstić information content (AvgIpc) is 2.63. The smallest absolute Gasteiger partial charge is 0.326 e. The topological polar surface area (TPSA) is 75.6 Å². The highest BCUT2D eigenvalue weighted by molar-refractivity contribution is 5.84. The molecule has 0 saturated heterocycles. The third-order valence-electron chi connectivity index (χ3n) is 7.12. The van der Waals surface area contributed by atoms with Crippen LogP contribution in [0.4, 0.5) is 0 Å². The third-order valence-corrected chi connectivity index (χ3v) is 7.12. The molecule has 1 unspecified atom stereocenters. The van der Waals surface area contributed by atoms with Gasteiger partial charge >= 0.3 is 5.97 Å². The largest absolute Gasteiger partial charge is 0.484 e. The summed E-state index contributed by atoms with van der Waals surface area (Å²) < 4.78 is 5.60. The number of aliphatic carboxylic acids is 1. The van der Waals surface area contributed by atoms with E-state index in [1.807, 2.05) is 12.1 Å². The number of ether oxygens (including phenoxy) is 1. The van der Waals surface area contributed by atoms with Crippen LogP contribution in [0.3, 0.4) is 0 Å². The Kier molecular flexibility index (Phi) is 5.11. The zero-order valence-corrected chi connectivity index (χ0v) is 16.8. The Morgan fingerprint density at radius 3 is 2.07 bits per heavy atom. The van der Waals surface area contributed by atoms with Crippen molar-refractivity contribution in [3.63, 3.8) is 0 Å². The van der Waals surface area contributed by atoms with E-state index in [1.54, 1.807) is 13.8 Å². The molecule has 2 N–H and O–H groups in total. The number of carboxylic acid groups (broad SMARTS) is 1. The van der Waals surface area contributed by atoms with E-state index in [0.717, 1.165) is 17.8 Å². The number of hydrogen-bond acceptors (Lipinski definition) is 3. The summed E-state index contributed by atoms with van der Waals surface area (Å²) >= 11 is 0. The minimum absolute atomic E-state index is 0.173. The van der Waals surface area contributed by atoms with Crippen molar-refractivity contribution in [1.29, 1.82) is 0 Å². The molecule has 0 spiro atoms. The highest BCUT2D eigenvalue weighted by Gasteiger charge is 2.51. The van der Waals surface area contributed by atoms with E-state index in [-0.39, 0.29) is 12.5 Å². The first-order valence-electron chi connectivity index (χ1n) is 10.6. The molecule has 5 heteroatoms. The van der Waals surface area contributed by atoms with E-state index in [0.29, 0.717) is 11.2 Å². The monoisotopic (exact) mass is 385 g/mol. The number of carboxylic acids is 1. The van der Waals surface area contributed by atoms with E-state index in [4.69, 9.17) is 9.84 Å². The Bertz CT molecular complexity index is 704. The van der Waals surface area contributed by atoms with Gasteiger partial charge in [-0.15, -0.1) is 0 Å². The molecule has 4 saturated carbocycles. The summed E-state index contributed by atoms with van der Waals surface area (Å²) in [6.45, 7) is 3.36. The van der Waals surface area contributed by atoms with E-state index in [2.05, 4.69) is 17.4 Å². The van der Waals surface area contributed by atoms with Gasteiger partial charge in [0.1, 0.15) is 11.8 Å². The van der Waals surface area contributed by atoms with Crippen LogP contribution in [0.2, 0.25) is 0 Å². The second kappa shape index (κ2) is 7.41. The number of rotatable bonds is 7. The molecular formula is C23H31NO4. The van der Waals surface area contributed by atoms with Gasteiger partial charge in [0.2, 0.25) is 0 Å². The maximum atomic E-state index is 12.0. The molecule has 0 heterocycles. The van der Waals surface area contributed by atoms with Gasteiger partial charge in [0, 0.05) is 0 Å². The minimum atomic E-state index is -1.02. The summed E-state index contributed by atoms with van der Waals surface area (Å²) in [7, 11) is 0. The van der Waals surface area contributed by atoms with Gasteiger partial charge < -0.3 is 15.2 Å². The summed E-state index contributed by atoms with van der Waals surface area (Å²) in [4.78, 5) is 23.2. The van der Waals surface area contributed by atoms with Crippen molar-refractivity contribution in [2.24, 2.45) is 23.7 Å². The Labute approximate surface area is 166 Å². The normalized spacial score (nSPS) is 31.6. The molecule has 1 amide bonds. The zero-order chi connectivity index (χ0) is 19.9. The van der Waals surface area contributed by atoms with Gasteiger partial charge in [-0.2, -0.15) is 0 Å². The lowest BCUT2D eigenvalue weighted by Crippen LogP contribution is -2.48. The maximum absolute atomic E-state index is 12.0. The van der Waals surface area contributed by atoms with Crippen LogP contribution in [-0.2, 0) is 15.0 Å². The quantitative estimate of drug-likeness (QED) is 0.749. The molecule has 1 aromatic rings. The van der Waals surface area contributed by atoms with Gasteiger partial charge in [0.25, 0.3) is 5.91 Å². The first kappa shape index (κ1) is 19.3. The second-order valence-electron chi connectivity index (χ2n) is 9.64. The number of carbonyl (C=O) groups is 2. The van der Waals surface area contributed by atoms with Crippen LogP contribution in [-0.4, -0.2) is 29.6 Å². The lowest BCUT2D eigenvalue weighted by Gasteiger charge is -2.57. The van der Waals surface area contributed by atoms with Crippen LogP contribution in [0.5, 0.6) is 5.75 Å². The van der Waals surface area contributed by atoms with Crippen LogP contribution >= 0.6 is 0 Å². The Morgan fingerprint density at radius 1 is 1.07 bits per heavy atom. The molecular weight excluding hydrogens is 354 g/mol. The van der Waals surface area contributed by atoms with Crippen molar-refractivity contribution in [3.8, 4) is 5.75 Å². The van der Waals surface area contributed by atoms with Crippen molar-refractivity contribution < 1.29 is 19.4 Å². The predicted octanol–water partition coefficient (Wildman–Crippen LogP) is 3.76. The maximum Gasteiger partial charge on any atom is 0.326 e. The highest BCUT2D eigenvalue weighted by atomic mass is 16.5. The number of amides is 1. The first-order valence-corrected chi connectivity index (χ1v) is 10.6. The summed E-state index contributed by atoms with van der Waals surface area (Å²) in [5.41, 5.74) is 1.78. The molecule has 4 aliphatic carbocycles. The number of nitrogens with one attached hydrogen (secondary N) is 1. The van der Waals surface area contributed by atoms with Gasteiger partial charge in [-0.1, -0.05) is 26.0 Å². The molecule has 4 bridgehead atoms. The van der Waals surface area contributed by atoms with Gasteiger partial charge in [0.15, 0.2) is 6.61 Å². The van der Waals surface area contributed by atoms with E-state index in [9.17, 15) is 9.59 Å². The molecule has 4 aliphatic rings. The average molecular weight is 386 g/mol. The molecule has 0 radical (unpaired) electrons. The van der Waals surface area contributed by atoms with Gasteiger partial charge in [-0.25, -0.2) is 4.79 Å². The van der Waals surface area contributed by atoms with Crippen molar-refractivity contribution in [3.05, 3.63) is 29.8 Å². The summed E-state index contributed by atoms with van der Waals surface area (Å²) in [5, 5.41) is 11.7. The van der Waals surface area contributed by atoms with Crippen molar-refractivity contribution >= 4 is 11.9 Å². The van der Waals surface area contributed by atoms with Gasteiger partial charge in [-0.3, -0.25) is 4.79 Å². The molecule has 4 fully saturated rings. The number of benzene rings is 1. The molecule has 5 nitrogen and oxygen atoms in total. The molecule has 0 aromatic heterocycles. The van der Waals surface area contributed by atoms with Crippen LogP contribution in [0.15, 0.2) is 24.3 Å². The minimum Gasteiger partial charge on any atom is -0.484 e. The molecule has 0 aliphatic heterocycles. The fraction of sp³-hybridized carbons (Fsp3) is 0.652. The summed E-state index contributed by atoms with van der Waals surface area (Å²) in [6, 6.07) is 7.37. The third kappa shape index (κ3) is 3.76. The molecule has 1 atom stereocenters. The fourth-order valence-electron chi connectivity index (χ4n) is 6.25. The Hall–Kier alpha value is -2.04. The Balaban J connectivity index is 1.35. The number of hydrogen-bond donors (Lipinski definition) is 2. The van der Waals surface area contributed by atoms with Crippen LogP contribution < -0.4 is 10.1 Å². The summed E-state index contributed by atoms with van der Waals surface area (Å²) in [6.07, 6.45) is 8.28. The van der Waals surface area contributed by atoms with Crippen molar-refractivity contribution in [1.82, 2.24) is 5.32 Å². The molecule has 1 aromatic carbocycles. The second-order valence-corrected chi connectivity index (χ2v) is 9.64. The zero-order valence-electron chi connectivity index (χ0n) is 16.8. The summed E-state index contributed by atoms with van der Waals surface area (Å²) in [5.74, 6) is 1.77. The first-order chi connectivity index (χ1) is 13.3. The highest BCUT2D eigenvalue weighted by Crippen LogP contribution is 2.60. The van der Waals surface area contributed by atoms with Crippen LogP contribution in [0, 0.1) is 23.7 Å². The molecule has 5 rings (SSSR count). The molecule has 152 valence electrons. The van der Waals surface area contributed by atoms with Crippen molar-refractivity contribution in [2.75, 3.05) is 6.61 Å².